The number of nitrogens with one attached hydrogen (secondary N) is 2. The Morgan fingerprint density at radius 2 is 1.89 bits per heavy atom. The zero-order valence-electron chi connectivity index (χ0n) is 16.0. The van der Waals surface area contributed by atoms with Crippen LogP contribution in [0.5, 0.6) is 17.2 Å². The molecular formula is C20H22N4O4. The molecule has 0 bridgehead atoms. The fourth-order valence-electron chi connectivity index (χ4n) is 3.55. The third kappa shape index (κ3) is 3.05. The van der Waals surface area contributed by atoms with E-state index in [0.29, 0.717) is 46.2 Å². The smallest absolute Gasteiger partial charge is 0.203 e. The highest BCUT2D eigenvalue weighted by Gasteiger charge is 2.26. The predicted octanol–water partition coefficient (Wildman–Crippen LogP) is 2.44. The maximum absolute atomic E-state index is 12.9. The molecule has 1 unspecified atom stereocenters. The Bertz CT molecular complexity index is 999. The topological polar surface area (TPSA) is 98.4 Å². The van der Waals surface area contributed by atoms with Crippen molar-refractivity contribution < 1.29 is 19.0 Å². The Morgan fingerprint density at radius 3 is 2.50 bits per heavy atom. The molecule has 1 aromatic carbocycles. The molecule has 1 aliphatic heterocycles. The summed E-state index contributed by atoms with van der Waals surface area (Å²) >= 11 is 0. The second kappa shape index (κ2) is 7.47. The minimum atomic E-state index is -0.0226. The van der Waals surface area contributed by atoms with E-state index in [1.807, 2.05) is 12.1 Å². The molecule has 1 aliphatic rings. The molecule has 0 radical (unpaired) electrons. The van der Waals surface area contributed by atoms with E-state index in [1.54, 1.807) is 33.7 Å². The van der Waals surface area contributed by atoms with Gasteiger partial charge in [-0.3, -0.25) is 4.79 Å². The molecule has 8 nitrogen and oxygen atoms in total. The van der Waals surface area contributed by atoms with Crippen LogP contribution >= 0.6 is 0 Å². The highest BCUT2D eigenvalue weighted by molar-refractivity contribution is 6.07. The van der Waals surface area contributed by atoms with E-state index < -0.39 is 0 Å². The lowest BCUT2D eigenvalue weighted by Crippen LogP contribution is -2.17. The number of fused-ring (bicyclic) bond motifs is 1. The number of benzene rings is 1. The van der Waals surface area contributed by atoms with Crippen LogP contribution in [0.4, 0.5) is 0 Å². The molecule has 0 saturated carbocycles. The largest absolute Gasteiger partial charge is 0.493 e. The summed E-state index contributed by atoms with van der Waals surface area (Å²) in [6, 6.07) is 3.62. The maximum atomic E-state index is 12.9. The van der Waals surface area contributed by atoms with Crippen LogP contribution in [-0.2, 0) is 0 Å². The van der Waals surface area contributed by atoms with Crippen molar-refractivity contribution in [3.05, 3.63) is 30.1 Å². The molecule has 3 aromatic rings. The molecule has 0 aliphatic carbocycles. The van der Waals surface area contributed by atoms with E-state index >= 15 is 0 Å². The summed E-state index contributed by atoms with van der Waals surface area (Å²) in [6.07, 6.45) is 4.20. The molecule has 1 atom stereocenters. The van der Waals surface area contributed by atoms with E-state index in [0.717, 1.165) is 18.5 Å². The number of ketones is 1. The predicted molar refractivity (Wildman–Crippen MR) is 104 cm³/mol. The summed E-state index contributed by atoms with van der Waals surface area (Å²) in [7, 11) is 4.69. The van der Waals surface area contributed by atoms with Gasteiger partial charge >= 0.3 is 0 Å². The average Bonchev–Trinajstić information content (AvgIpc) is 3.41. The number of rotatable bonds is 6. The standard InChI is InChI=1S/C20H22N4O4/c1-26-15-6-12(7-16(27-2)19(15)28-3)14-10-23-20-17(24-14)13(9-22-20)18(25)11-4-5-21-8-11/h6-7,9-11,21H,4-5,8H2,1-3H3,(H,22,23). The number of ether oxygens (including phenoxy) is 3. The van der Waals surface area contributed by atoms with Gasteiger partial charge in [0.2, 0.25) is 5.75 Å². The summed E-state index contributed by atoms with van der Waals surface area (Å²) in [5, 5.41) is 3.23. The molecule has 2 N–H and O–H groups in total. The molecule has 8 heteroatoms. The molecule has 146 valence electrons. The molecule has 1 fully saturated rings. The van der Waals surface area contributed by atoms with Gasteiger partial charge < -0.3 is 24.5 Å². The van der Waals surface area contributed by atoms with E-state index in [9.17, 15) is 4.79 Å². The van der Waals surface area contributed by atoms with E-state index in [1.165, 1.54) is 0 Å². The monoisotopic (exact) mass is 382 g/mol. The Balaban J connectivity index is 1.79. The minimum Gasteiger partial charge on any atom is -0.493 e. The van der Waals surface area contributed by atoms with E-state index in [-0.39, 0.29) is 11.7 Å². The van der Waals surface area contributed by atoms with Crippen molar-refractivity contribution >= 4 is 16.9 Å². The first-order chi connectivity index (χ1) is 13.7. The first kappa shape index (κ1) is 18.2. The third-order valence-corrected chi connectivity index (χ3v) is 5.04. The van der Waals surface area contributed by atoms with Crippen molar-refractivity contribution in [2.24, 2.45) is 5.92 Å². The Kier molecular flexibility index (Phi) is 4.87. The molecule has 3 heterocycles. The molecule has 1 saturated heterocycles. The molecule has 28 heavy (non-hydrogen) atoms. The number of carbonyl (C=O) groups excluding carboxylic acids is 1. The number of hydrogen-bond donors (Lipinski definition) is 2. The Labute approximate surface area is 162 Å². The minimum absolute atomic E-state index is 0.0226. The van der Waals surface area contributed by atoms with Crippen LogP contribution in [0.25, 0.3) is 22.4 Å². The van der Waals surface area contributed by atoms with Gasteiger partial charge in [0.15, 0.2) is 22.9 Å². The third-order valence-electron chi connectivity index (χ3n) is 5.04. The summed E-state index contributed by atoms with van der Waals surface area (Å²) in [5.41, 5.74) is 3.11. The highest BCUT2D eigenvalue weighted by atomic mass is 16.5. The van der Waals surface area contributed by atoms with Crippen LogP contribution in [0.1, 0.15) is 16.8 Å². The normalized spacial score (nSPS) is 16.3. The summed E-state index contributed by atoms with van der Waals surface area (Å²) in [5.74, 6) is 1.63. The number of carbonyl (C=O) groups is 1. The lowest BCUT2D eigenvalue weighted by molar-refractivity contribution is 0.0932. The number of methoxy groups -OCH3 is 3. The van der Waals surface area contributed by atoms with E-state index in [2.05, 4.69) is 15.3 Å². The molecular weight excluding hydrogens is 360 g/mol. The van der Waals surface area contributed by atoms with Crippen molar-refractivity contribution in [2.75, 3.05) is 34.4 Å². The maximum Gasteiger partial charge on any atom is 0.203 e. The SMILES string of the molecule is COc1cc(-c2cnc3[nH]cc(C(=O)C4CCNC4)c3n2)cc(OC)c1OC. The number of H-pyrrole nitrogens is 1. The highest BCUT2D eigenvalue weighted by Crippen LogP contribution is 2.41. The van der Waals surface area contributed by atoms with Crippen LogP contribution in [0.3, 0.4) is 0 Å². The number of nitrogens with zero attached hydrogens (tertiary/aromatic N) is 2. The van der Waals surface area contributed by atoms with Crippen molar-refractivity contribution in [3.63, 3.8) is 0 Å². The number of aromatic amines is 1. The van der Waals surface area contributed by atoms with Gasteiger partial charge in [-0.2, -0.15) is 0 Å². The van der Waals surface area contributed by atoms with Crippen molar-refractivity contribution in [1.29, 1.82) is 0 Å². The number of hydrogen-bond acceptors (Lipinski definition) is 7. The number of aromatic nitrogens is 3. The van der Waals surface area contributed by atoms with Gasteiger partial charge in [0.1, 0.15) is 5.52 Å². The zero-order valence-corrected chi connectivity index (χ0v) is 16.0. The Hall–Kier alpha value is -3.13. The molecule has 2 aromatic heterocycles. The van der Waals surface area contributed by atoms with Crippen molar-refractivity contribution in [1.82, 2.24) is 20.3 Å². The van der Waals surface area contributed by atoms with Crippen LogP contribution < -0.4 is 19.5 Å². The van der Waals surface area contributed by atoms with Crippen LogP contribution in [0.2, 0.25) is 0 Å². The lowest BCUT2D eigenvalue weighted by Gasteiger charge is -2.14. The summed E-state index contributed by atoms with van der Waals surface area (Å²) in [4.78, 5) is 25.1. The van der Waals surface area contributed by atoms with Gasteiger partial charge in [0.25, 0.3) is 0 Å². The zero-order chi connectivity index (χ0) is 19.7. The molecule has 0 spiro atoms. The van der Waals surface area contributed by atoms with Gasteiger partial charge in [-0.05, 0) is 25.1 Å². The molecule has 4 rings (SSSR count). The van der Waals surface area contributed by atoms with Gasteiger partial charge in [-0.1, -0.05) is 0 Å². The van der Waals surface area contributed by atoms with Gasteiger partial charge in [0, 0.05) is 24.2 Å². The quantitative estimate of drug-likeness (QED) is 0.632. The van der Waals surface area contributed by atoms with E-state index in [4.69, 9.17) is 19.2 Å². The fraction of sp³-hybridized carbons (Fsp3) is 0.350. The second-order valence-corrected chi connectivity index (χ2v) is 6.62. The first-order valence-corrected chi connectivity index (χ1v) is 9.05. The summed E-state index contributed by atoms with van der Waals surface area (Å²) in [6.45, 7) is 1.56. The average molecular weight is 382 g/mol. The van der Waals surface area contributed by atoms with Gasteiger partial charge in [0.05, 0.1) is 38.8 Å². The number of Topliss-reactive ketones (excluding diaryl/α,β-unsaturated/α-hetero) is 1. The first-order valence-electron chi connectivity index (χ1n) is 9.05. The van der Waals surface area contributed by atoms with Crippen LogP contribution in [0.15, 0.2) is 24.5 Å². The lowest BCUT2D eigenvalue weighted by atomic mass is 9.98. The molecule has 0 amide bonds. The van der Waals surface area contributed by atoms with Crippen molar-refractivity contribution in [2.45, 2.75) is 6.42 Å². The van der Waals surface area contributed by atoms with Gasteiger partial charge in [-0.15, -0.1) is 0 Å². The fourth-order valence-corrected chi connectivity index (χ4v) is 3.55. The van der Waals surface area contributed by atoms with Gasteiger partial charge in [-0.25, -0.2) is 9.97 Å². The summed E-state index contributed by atoms with van der Waals surface area (Å²) < 4.78 is 16.2. The van der Waals surface area contributed by atoms with Crippen LogP contribution in [-0.4, -0.2) is 55.2 Å². The van der Waals surface area contributed by atoms with Crippen molar-refractivity contribution in [3.8, 4) is 28.5 Å². The second-order valence-electron chi connectivity index (χ2n) is 6.62. The Morgan fingerprint density at radius 1 is 1.14 bits per heavy atom. The van der Waals surface area contributed by atoms with Crippen LogP contribution in [0, 0.1) is 5.92 Å².